The van der Waals surface area contributed by atoms with Gasteiger partial charge in [0, 0.05) is 6.04 Å². The molecule has 1 saturated heterocycles. The number of carbonyl (C=O) groups excluding carboxylic acids is 1. The molecular formula is C17H25ClN2O2. The van der Waals surface area contributed by atoms with Crippen LogP contribution in [0.1, 0.15) is 38.2 Å². The van der Waals surface area contributed by atoms with E-state index < -0.39 is 0 Å². The van der Waals surface area contributed by atoms with Crippen LogP contribution in [-0.4, -0.2) is 41.1 Å². The van der Waals surface area contributed by atoms with Crippen LogP contribution in [0.5, 0.6) is 0 Å². The molecule has 2 unspecified atom stereocenters. The van der Waals surface area contributed by atoms with E-state index in [0.29, 0.717) is 23.7 Å². The third-order valence-corrected chi connectivity index (χ3v) is 4.58. The normalized spacial score (nSPS) is 20.6. The van der Waals surface area contributed by atoms with Crippen molar-refractivity contribution in [3.05, 3.63) is 28.8 Å². The van der Waals surface area contributed by atoms with Crippen molar-refractivity contribution in [2.24, 2.45) is 0 Å². The van der Waals surface area contributed by atoms with Crippen molar-refractivity contribution in [3.8, 4) is 0 Å². The monoisotopic (exact) mass is 324 g/mol. The van der Waals surface area contributed by atoms with Crippen LogP contribution in [0.3, 0.4) is 0 Å². The molecule has 0 spiro atoms. The molecule has 1 heterocycles. The predicted molar refractivity (Wildman–Crippen MR) is 90.3 cm³/mol. The number of nitrogens with zero attached hydrogens (tertiary/aromatic N) is 1. The van der Waals surface area contributed by atoms with E-state index in [9.17, 15) is 9.90 Å². The summed E-state index contributed by atoms with van der Waals surface area (Å²) in [4.78, 5) is 14.4. The average molecular weight is 325 g/mol. The zero-order valence-electron chi connectivity index (χ0n) is 13.3. The number of amides is 1. The summed E-state index contributed by atoms with van der Waals surface area (Å²) in [6, 6.07) is 5.66. The van der Waals surface area contributed by atoms with E-state index in [1.807, 2.05) is 32.0 Å². The first-order valence-corrected chi connectivity index (χ1v) is 8.37. The van der Waals surface area contributed by atoms with Gasteiger partial charge in [0.2, 0.25) is 5.91 Å². The quantitative estimate of drug-likeness (QED) is 0.874. The molecule has 1 aliphatic heterocycles. The number of aliphatic hydroxyl groups excluding tert-OH is 1. The van der Waals surface area contributed by atoms with Crippen molar-refractivity contribution >= 4 is 23.2 Å². The molecular weight excluding hydrogens is 300 g/mol. The number of rotatable bonds is 5. The fraction of sp³-hybridized carbons (Fsp3) is 0.588. The minimum atomic E-state index is -0.365. The molecule has 2 N–H and O–H groups in total. The van der Waals surface area contributed by atoms with Gasteiger partial charge in [-0.05, 0) is 50.4 Å². The van der Waals surface area contributed by atoms with Gasteiger partial charge in [0.05, 0.1) is 23.4 Å². The van der Waals surface area contributed by atoms with Gasteiger partial charge in [-0.15, -0.1) is 0 Å². The number of halogens is 1. The molecule has 4 nitrogen and oxygen atoms in total. The number of likely N-dealkylation sites (tertiary alicyclic amines) is 1. The van der Waals surface area contributed by atoms with Gasteiger partial charge >= 0.3 is 0 Å². The molecule has 0 radical (unpaired) electrons. The zero-order chi connectivity index (χ0) is 16.1. The first kappa shape index (κ1) is 17.3. The summed E-state index contributed by atoms with van der Waals surface area (Å²) in [5, 5.41) is 13.6. The van der Waals surface area contributed by atoms with Gasteiger partial charge in [0.15, 0.2) is 0 Å². The Kier molecular flexibility index (Phi) is 6.24. The molecule has 1 aromatic carbocycles. The Hall–Kier alpha value is -1.10. The summed E-state index contributed by atoms with van der Waals surface area (Å²) >= 11 is 6.15. The number of benzene rings is 1. The highest BCUT2D eigenvalue weighted by Gasteiger charge is 2.29. The van der Waals surface area contributed by atoms with E-state index in [0.717, 1.165) is 31.4 Å². The van der Waals surface area contributed by atoms with Crippen LogP contribution in [0.2, 0.25) is 5.02 Å². The van der Waals surface area contributed by atoms with Crippen molar-refractivity contribution in [1.29, 1.82) is 0 Å². The van der Waals surface area contributed by atoms with Crippen molar-refractivity contribution in [2.75, 3.05) is 18.4 Å². The van der Waals surface area contributed by atoms with E-state index in [4.69, 9.17) is 11.6 Å². The van der Waals surface area contributed by atoms with Crippen LogP contribution in [0.4, 0.5) is 5.69 Å². The second kappa shape index (κ2) is 7.95. The average Bonchev–Trinajstić information content (AvgIpc) is 2.50. The molecule has 0 saturated carbocycles. The summed E-state index contributed by atoms with van der Waals surface area (Å²) in [5.41, 5.74) is 1.70. The topological polar surface area (TPSA) is 52.6 Å². The largest absolute Gasteiger partial charge is 0.392 e. The van der Waals surface area contributed by atoms with Gasteiger partial charge in [-0.25, -0.2) is 0 Å². The highest BCUT2D eigenvalue weighted by molar-refractivity contribution is 6.33. The summed E-state index contributed by atoms with van der Waals surface area (Å²) in [6.45, 7) is 5.09. The maximum absolute atomic E-state index is 12.3. The molecule has 122 valence electrons. The molecule has 1 aromatic rings. The second-order valence-electron chi connectivity index (χ2n) is 6.04. The molecule has 5 heteroatoms. The number of carbonyl (C=O) groups is 1. The fourth-order valence-corrected chi connectivity index (χ4v) is 3.30. The smallest absolute Gasteiger partial charge is 0.238 e. The van der Waals surface area contributed by atoms with Gasteiger partial charge in [-0.1, -0.05) is 31.0 Å². The van der Waals surface area contributed by atoms with Crippen LogP contribution in [-0.2, 0) is 4.79 Å². The molecule has 22 heavy (non-hydrogen) atoms. The van der Waals surface area contributed by atoms with Crippen molar-refractivity contribution in [1.82, 2.24) is 4.90 Å². The first-order chi connectivity index (χ1) is 10.5. The number of hydrogen-bond acceptors (Lipinski definition) is 3. The zero-order valence-corrected chi connectivity index (χ0v) is 14.1. The van der Waals surface area contributed by atoms with Gasteiger partial charge in [0.1, 0.15) is 0 Å². The van der Waals surface area contributed by atoms with E-state index in [1.54, 1.807) is 0 Å². The van der Waals surface area contributed by atoms with Gasteiger partial charge in [-0.3, -0.25) is 9.69 Å². The lowest BCUT2D eigenvalue weighted by atomic mass is 9.96. The standard InChI is InChI=1S/C17H25ClN2O2/c1-3-16(21)15-6-4-5-9-20(15)11-17(22)19-14-8-7-12(2)10-13(14)18/h7-8,10,15-16,21H,3-6,9,11H2,1-2H3,(H,19,22). The third kappa shape index (κ3) is 4.45. The number of aliphatic hydroxyl groups is 1. The Morgan fingerprint density at radius 2 is 2.27 bits per heavy atom. The molecule has 2 rings (SSSR count). The lowest BCUT2D eigenvalue weighted by molar-refractivity contribution is -0.119. The highest BCUT2D eigenvalue weighted by Crippen LogP contribution is 2.24. The van der Waals surface area contributed by atoms with Gasteiger partial charge in [0.25, 0.3) is 0 Å². The highest BCUT2D eigenvalue weighted by atomic mass is 35.5. The Bertz CT molecular complexity index is 521. The van der Waals surface area contributed by atoms with Crippen molar-refractivity contribution in [2.45, 2.75) is 51.7 Å². The number of piperidine rings is 1. The van der Waals surface area contributed by atoms with Crippen LogP contribution < -0.4 is 5.32 Å². The Balaban J connectivity index is 1.97. The van der Waals surface area contributed by atoms with Crippen LogP contribution in [0.15, 0.2) is 18.2 Å². The van der Waals surface area contributed by atoms with E-state index >= 15 is 0 Å². The molecule has 1 amide bonds. The van der Waals surface area contributed by atoms with Gasteiger partial charge < -0.3 is 10.4 Å². The molecule has 0 aliphatic carbocycles. The SMILES string of the molecule is CCC(O)C1CCCCN1CC(=O)Nc1ccc(C)cc1Cl. The lowest BCUT2D eigenvalue weighted by Crippen LogP contribution is -2.49. The summed E-state index contributed by atoms with van der Waals surface area (Å²) < 4.78 is 0. The Morgan fingerprint density at radius 1 is 1.50 bits per heavy atom. The minimum absolute atomic E-state index is 0.0815. The number of aryl methyl sites for hydroxylation is 1. The summed E-state index contributed by atoms with van der Waals surface area (Å²) in [5.74, 6) is -0.0824. The minimum Gasteiger partial charge on any atom is -0.392 e. The second-order valence-corrected chi connectivity index (χ2v) is 6.45. The number of anilines is 1. The molecule has 1 fully saturated rings. The number of nitrogens with one attached hydrogen (secondary N) is 1. The number of hydrogen-bond donors (Lipinski definition) is 2. The first-order valence-electron chi connectivity index (χ1n) is 7.99. The van der Waals surface area contributed by atoms with Crippen LogP contribution in [0, 0.1) is 6.92 Å². The predicted octanol–water partition coefficient (Wildman–Crippen LogP) is 3.21. The summed E-state index contributed by atoms with van der Waals surface area (Å²) in [7, 11) is 0. The van der Waals surface area contributed by atoms with Crippen molar-refractivity contribution < 1.29 is 9.90 Å². The van der Waals surface area contributed by atoms with E-state index in [1.165, 1.54) is 0 Å². The molecule has 1 aliphatic rings. The van der Waals surface area contributed by atoms with E-state index in [2.05, 4.69) is 10.2 Å². The molecule has 0 bridgehead atoms. The Morgan fingerprint density at radius 3 is 2.95 bits per heavy atom. The fourth-order valence-electron chi connectivity index (χ4n) is 3.02. The maximum Gasteiger partial charge on any atom is 0.238 e. The lowest BCUT2D eigenvalue weighted by Gasteiger charge is -2.37. The van der Waals surface area contributed by atoms with Gasteiger partial charge in [-0.2, -0.15) is 0 Å². The van der Waals surface area contributed by atoms with Crippen LogP contribution in [0.25, 0.3) is 0 Å². The summed E-state index contributed by atoms with van der Waals surface area (Å²) in [6.07, 6.45) is 3.49. The molecule has 0 aromatic heterocycles. The third-order valence-electron chi connectivity index (χ3n) is 4.27. The maximum atomic E-state index is 12.3. The van der Waals surface area contributed by atoms with Crippen molar-refractivity contribution in [3.63, 3.8) is 0 Å². The Labute approximate surface area is 137 Å². The molecule has 2 atom stereocenters. The van der Waals surface area contributed by atoms with Crippen LogP contribution >= 0.6 is 11.6 Å². The van der Waals surface area contributed by atoms with E-state index in [-0.39, 0.29) is 18.1 Å².